The summed E-state index contributed by atoms with van der Waals surface area (Å²) < 4.78 is 0. The summed E-state index contributed by atoms with van der Waals surface area (Å²) in [5.74, 6) is -1.04. The predicted octanol–water partition coefficient (Wildman–Crippen LogP) is 2.80. The normalized spacial score (nSPS) is 14.7. The highest BCUT2D eigenvalue weighted by Gasteiger charge is 2.25. The number of aryl methyl sites for hydroxylation is 1. The Balaban J connectivity index is 1.66. The van der Waals surface area contributed by atoms with Gasteiger partial charge in [0.05, 0.1) is 11.6 Å². The van der Waals surface area contributed by atoms with Gasteiger partial charge in [-0.1, -0.05) is 48.5 Å². The monoisotopic (exact) mass is 380 g/mol. The maximum Gasteiger partial charge on any atom is 0.335 e. The van der Waals surface area contributed by atoms with E-state index in [2.05, 4.69) is 5.32 Å². The van der Waals surface area contributed by atoms with Gasteiger partial charge >= 0.3 is 5.97 Å². The van der Waals surface area contributed by atoms with Gasteiger partial charge in [-0.25, -0.2) is 4.79 Å². The number of hydrogen-bond donors (Lipinski definition) is 2. The quantitative estimate of drug-likeness (QED) is 0.737. The van der Waals surface area contributed by atoms with Gasteiger partial charge < -0.3 is 15.3 Å². The summed E-state index contributed by atoms with van der Waals surface area (Å²) in [6, 6.07) is 16.0. The number of aromatic carboxylic acids is 1. The number of carbonyl (C=O) groups excluding carboxylic acids is 2. The molecule has 0 radical (unpaired) electrons. The van der Waals surface area contributed by atoms with E-state index in [4.69, 9.17) is 0 Å². The first-order chi connectivity index (χ1) is 13.5. The molecule has 2 aromatic carbocycles. The van der Waals surface area contributed by atoms with Gasteiger partial charge in [-0.15, -0.1) is 0 Å². The molecule has 1 fully saturated rings. The van der Waals surface area contributed by atoms with Crippen LogP contribution in [0.15, 0.2) is 54.6 Å². The van der Waals surface area contributed by atoms with Crippen LogP contribution < -0.4 is 5.32 Å². The molecule has 28 heavy (non-hydrogen) atoms. The van der Waals surface area contributed by atoms with E-state index in [0.717, 1.165) is 12.0 Å². The molecule has 146 valence electrons. The second kappa shape index (κ2) is 9.17. The predicted molar refractivity (Wildman–Crippen MR) is 105 cm³/mol. The topological polar surface area (TPSA) is 86.7 Å². The highest BCUT2D eigenvalue weighted by Crippen LogP contribution is 2.19. The first-order valence-corrected chi connectivity index (χ1v) is 9.48. The summed E-state index contributed by atoms with van der Waals surface area (Å²) in [4.78, 5) is 37.7. The summed E-state index contributed by atoms with van der Waals surface area (Å²) in [6.45, 7) is 1.16. The van der Waals surface area contributed by atoms with Gasteiger partial charge in [0, 0.05) is 25.9 Å². The molecule has 1 aliphatic rings. The van der Waals surface area contributed by atoms with Crippen LogP contribution in [0, 0.1) is 0 Å². The molecule has 1 atom stereocenters. The average Bonchev–Trinajstić information content (AvgIpc) is 3.11. The lowest BCUT2D eigenvalue weighted by atomic mass is 10.0. The zero-order chi connectivity index (χ0) is 19.9. The van der Waals surface area contributed by atoms with E-state index >= 15 is 0 Å². The number of amides is 2. The lowest BCUT2D eigenvalue weighted by molar-refractivity contribution is -0.129. The average molecular weight is 380 g/mol. The molecule has 1 aliphatic heterocycles. The van der Waals surface area contributed by atoms with Crippen molar-refractivity contribution in [3.63, 3.8) is 0 Å². The number of hydrogen-bond acceptors (Lipinski definition) is 3. The molecule has 0 bridgehead atoms. The zero-order valence-corrected chi connectivity index (χ0v) is 15.6. The van der Waals surface area contributed by atoms with Gasteiger partial charge in [0.25, 0.3) is 0 Å². The van der Waals surface area contributed by atoms with Crippen LogP contribution in [-0.2, 0) is 16.0 Å². The Morgan fingerprint density at radius 2 is 1.79 bits per heavy atom. The van der Waals surface area contributed by atoms with Crippen molar-refractivity contribution < 1.29 is 19.5 Å². The summed E-state index contributed by atoms with van der Waals surface area (Å²) in [6.07, 6.45) is 1.93. The van der Waals surface area contributed by atoms with Crippen molar-refractivity contribution in [2.45, 2.75) is 31.7 Å². The van der Waals surface area contributed by atoms with Gasteiger partial charge in [0.2, 0.25) is 11.8 Å². The molecular weight excluding hydrogens is 356 g/mol. The molecule has 0 aromatic heterocycles. The van der Waals surface area contributed by atoms with Crippen molar-refractivity contribution in [1.82, 2.24) is 10.2 Å². The van der Waals surface area contributed by atoms with Crippen LogP contribution in [0.25, 0.3) is 0 Å². The SMILES string of the molecule is O=C(CCc1ccccc1C(=O)O)NC(CN1CCCC1=O)c1ccccc1. The molecule has 0 aliphatic carbocycles. The van der Waals surface area contributed by atoms with Crippen molar-refractivity contribution in [2.75, 3.05) is 13.1 Å². The number of carboxylic acid groups (broad SMARTS) is 1. The summed E-state index contributed by atoms with van der Waals surface area (Å²) >= 11 is 0. The number of nitrogens with zero attached hydrogens (tertiary/aromatic N) is 1. The molecule has 3 rings (SSSR count). The van der Waals surface area contributed by atoms with Crippen molar-refractivity contribution in [1.29, 1.82) is 0 Å². The summed E-state index contributed by atoms with van der Waals surface area (Å²) in [5.41, 5.74) is 1.80. The second-order valence-corrected chi connectivity index (χ2v) is 6.94. The number of carbonyl (C=O) groups is 3. The minimum Gasteiger partial charge on any atom is -0.478 e. The number of carboxylic acids is 1. The van der Waals surface area contributed by atoms with Crippen LogP contribution >= 0.6 is 0 Å². The van der Waals surface area contributed by atoms with Gasteiger partial charge in [-0.3, -0.25) is 9.59 Å². The molecule has 6 heteroatoms. The maximum atomic E-state index is 12.6. The van der Waals surface area contributed by atoms with Crippen molar-refractivity contribution in [3.05, 3.63) is 71.3 Å². The van der Waals surface area contributed by atoms with E-state index in [0.29, 0.717) is 31.5 Å². The molecule has 2 amide bonds. The number of likely N-dealkylation sites (tertiary alicyclic amines) is 1. The smallest absolute Gasteiger partial charge is 0.335 e. The van der Waals surface area contributed by atoms with Crippen molar-refractivity contribution >= 4 is 17.8 Å². The Morgan fingerprint density at radius 3 is 2.46 bits per heavy atom. The van der Waals surface area contributed by atoms with Gasteiger partial charge in [-0.05, 0) is 30.0 Å². The Labute approximate surface area is 164 Å². The summed E-state index contributed by atoms with van der Waals surface area (Å²) in [7, 11) is 0. The van der Waals surface area contributed by atoms with E-state index < -0.39 is 5.97 Å². The number of nitrogens with one attached hydrogen (secondary N) is 1. The first-order valence-electron chi connectivity index (χ1n) is 9.48. The van der Waals surface area contributed by atoms with Gasteiger partial charge in [-0.2, -0.15) is 0 Å². The molecule has 1 heterocycles. The summed E-state index contributed by atoms with van der Waals surface area (Å²) in [5, 5.41) is 12.3. The molecule has 6 nitrogen and oxygen atoms in total. The Kier molecular flexibility index (Phi) is 6.42. The Morgan fingerprint density at radius 1 is 1.07 bits per heavy atom. The van der Waals surface area contributed by atoms with Gasteiger partial charge in [0.1, 0.15) is 0 Å². The zero-order valence-electron chi connectivity index (χ0n) is 15.6. The fourth-order valence-corrected chi connectivity index (χ4v) is 3.50. The van der Waals surface area contributed by atoms with E-state index in [9.17, 15) is 19.5 Å². The van der Waals surface area contributed by atoms with E-state index in [-0.39, 0.29) is 29.8 Å². The maximum absolute atomic E-state index is 12.6. The minimum absolute atomic E-state index is 0.116. The molecule has 1 saturated heterocycles. The van der Waals surface area contributed by atoms with Crippen molar-refractivity contribution in [3.8, 4) is 0 Å². The van der Waals surface area contributed by atoms with Crippen LogP contribution in [0.4, 0.5) is 0 Å². The third kappa shape index (κ3) is 4.97. The first kappa shape index (κ1) is 19.6. The van der Waals surface area contributed by atoms with Crippen LogP contribution in [0.1, 0.15) is 46.8 Å². The molecule has 0 spiro atoms. The Bertz CT molecular complexity index is 851. The van der Waals surface area contributed by atoms with Crippen molar-refractivity contribution in [2.24, 2.45) is 0 Å². The van der Waals surface area contributed by atoms with Crippen LogP contribution in [0.5, 0.6) is 0 Å². The highest BCUT2D eigenvalue weighted by molar-refractivity contribution is 5.89. The lowest BCUT2D eigenvalue weighted by Gasteiger charge is -2.25. The number of benzene rings is 2. The van der Waals surface area contributed by atoms with Crippen LogP contribution in [0.3, 0.4) is 0 Å². The Hall–Kier alpha value is -3.15. The van der Waals surface area contributed by atoms with Crippen LogP contribution in [0.2, 0.25) is 0 Å². The molecule has 2 N–H and O–H groups in total. The van der Waals surface area contributed by atoms with E-state index in [1.54, 1.807) is 29.2 Å². The minimum atomic E-state index is -0.995. The molecule has 1 unspecified atom stereocenters. The van der Waals surface area contributed by atoms with E-state index in [1.165, 1.54) is 0 Å². The second-order valence-electron chi connectivity index (χ2n) is 6.94. The largest absolute Gasteiger partial charge is 0.478 e. The molecular formula is C22H24N2O4. The fourth-order valence-electron chi connectivity index (χ4n) is 3.50. The third-order valence-electron chi connectivity index (χ3n) is 4.98. The highest BCUT2D eigenvalue weighted by atomic mass is 16.4. The standard InChI is InChI=1S/C22H24N2O4/c25-20(13-12-16-7-4-5-10-18(16)22(27)28)23-19(17-8-2-1-3-9-17)15-24-14-6-11-21(24)26/h1-5,7-10,19H,6,11-15H2,(H,23,25)(H,27,28). The van der Waals surface area contributed by atoms with Gasteiger partial charge in [0.15, 0.2) is 0 Å². The molecule has 0 saturated carbocycles. The fraction of sp³-hybridized carbons (Fsp3) is 0.318. The molecule has 2 aromatic rings. The van der Waals surface area contributed by atoms with E-state index in [1.807, 2.05) is 30.3 Å². The third-order valence-corrected chi connectivity index (χ3v) is 4.98. The lowest BCUT2D eigenvalue weighted by Crippen LogP contribution is -2.38. The van der Waals surface area contributed by atoms with Crippen LogP contribution in [-0.4, -0.2) is 40.9 Å². The number of rotatable bonds is 8.